The number of esters is 1. The van der Waals surface area contributed by atoms with Crippen LogP contribution in [0.1, 0.15) is 30.1 Å². The lowest BCUT2D eigenvalue weighted by molar-refractivity contribution is -0.384. The molecule has 1 amide bonds. The summed E-state index contributed by atoms with van der Waals surface area (Å²) < 4.78 is 30.2. The molecule has 2 aromatic carbocycles. The number of rotatable bonds is 10. The Balaban J connectivity index is 1.96. The van der Waals surface area contributed by atoms with Gasteiger partial charge in [0.15, 0.2) is 0 Å². The van der Waals surface area contributed by atoms with Crippen molar-refractivity contribution in [2.24, 2.45) is 0 Å². The van der Waals surface area contributed by atoms with E-state index < -0.39 is 20.9 Å². The summed E-state index contributed by atoms with van der Waals surface area (Å²) in [7, 11) is -3.70. The number of nitro benzene ring substituents is 1. The van der Waals surface area contributed by atoms with Gasteiger partial charge in [-0.2, -0.15) is 0 Å². The van der Waals surface area contributed by atoms with Crippen molar-refractivity contribution in [3.8, 4) is 0 Å². The molecule has 0 bridgehead atoms. The van der Waals surface area contributed by atoms with Crippen LogP contribution in [-0.4, -0.2) is 44.6 Å². The van der Waals surface area contributed by atoms with E-state index in [1.54, 1.807) is 19.1 Å². The van der Waals surface area contributed by atoms with Gasteiger partial charge in [-0.3, -0.25) is 19.2 Å². The van der Waals surface area contributed by atoms with Gasteiger partial charge in [0.1, 0.15) is 0 Å². The maximum atomic E-state index is 12.2. The molecule has 0 unspecified atom stereocenters. The molecule has 0 spiro atoms. The maximum absolute atomic E-state index is 12.2. The van der Waals surface area contributed by atoms with Crippen molar-refractivity contribution in [3.05, 3.63) is 64.2 Å². The zero-order valence-corrected chi connectivity index (χ0v) is 17.9. The van der Waals surface area contributed by atoms with Gasteiger partial charge in [-0.25, -0.2) is 13.2 Å². The van der Waals surface area contributed by atoms with E-state index in [4.69, 9.17) is 4.74 Å². The van der Waals surface area contributed by atoms with Crippen LogP contribution < -0.4 is 9.62 Å². The molecule has 0 radical (unpaired) electrons. The van der Waals surface area contributed by atoms with Crippen molar-refractivity contribution >= 4 is 39.0 Å². The highest BCUT2D eigenvalue weighted by Crippen LogP contribution is 2.23. The van der Waals surface area contributed by atoms with Gasteiger partial charge < -0.3 is 10.1 Å². The molecule has 0 heterocycles. The molecule has 0 aromatic heterocycles. The van der Waals surface area contributed by atoms with Gasteiger partial charge in [-0.05, 0) is 43.7 Å². The van der Waals surface area contributed by atoms with Crippen molar-refractivity contribution in [3.63, 3.8) is 0 Å². The number of carbonyl (C=O) groups excluding carboxylic acids is 2. The first-order valence-electron chi connectivity index (χ1n) is 9.41. The monoisotopic (exact) mass is 449 g/mol. The summed E-state index contributed by atoms with van der Waals surface area (Å²) in [5, 5.41) is 13.6. The molecule has 166 valence electrons. The van der Waals surface area contributed by atoms with E-state index in [1.165, 1.54) is 36.4 Å². The van der Waals surface area contributed by atoms with E-state index in [9.17, 15) is 28.1 Å². The average molecular weight is 449 g/mol. The van der Waals surface area contributed by atoms with Crippen LogP contribution in [-0.2, 0) is 19.6 Å². The molecule has 0 fully saturated rings. The van der Waals surface area contributed by atoms with Gasteiger partial charge >= 0.3 is 5.97 Å². The fraction of sp³-hybridized carbons (Fsp3) is 0.300. The molecule has 0 saturated carbocycles. The largest absolute Gasteiger partial charge is 0.462 e. The highest BCUT2D eigenvalue weighted by molar-refractivity contribution is 7.92. The van der Waals surface area contributed by atoms with Crippen molar-refractivity contribution in [1.29, 1.82) is 0 Å². The van der Waals surface area contributed by atoms with Gasteiger partial charge in [-0.15, -0.1) is 0 Å². The minimum atomic E-state index is -3.70. The van der Waals surface area contributed by atoms with E-state index in [0.29, 0.717) is 11.3 Å². The number of non-ortho nitro benzene ring substituents is 1. The molecule has 2 aromatic rings. The fourth-order valence-electron chi connectivity index (χ4n) is 2.76. The number of nitrogens with zero attached hydrogens (tertiary/aromatic N) is 2. The van der Waals surface area contributed by atoms with Crippen molar-refractivity contribution in [2.45, 2.75) is 19.8 Å². The van der Waals surface area contributed by atoms with Gasteiger partial charge in [0, 0.05) is 30.8 Å². The lowest BCUT2D eigenvalue weighted by Crippen LogP contribution is -2.31. The second-order valence-corrected chi connectivity index (χ2v) is 8.47. The molecule has 2 rings (SSSR count). The first kappa shape index (κ1) is 23.8. The summed E-state index contributed by atoms with van der Waals surface area (Å²) in [6, 6.07) is 11.5. The van der Waals surface area contributed by atoms with E-state index >= 15 is 0 Å². The molecule has 0 saturated heterocycles. The molecule has 11 heteroatoms. The number of benzene rings is 2. The molecule has 0 aliphatic rings. The Kier molecular flexibility index (Phi) is 8.08. The topological polar surface area (TPSA) is 136 Å². The molecule has 0 aliphatic heterocycles. The fourth-order valence-corrected chi connectivity index (χ4v) is 3.72. The number of hydrogen-bond acceptors (Lipinski definition) is 7. The number of amides is 1. The third-order valence-electron chi connectivity index (χ3n) is 4.17. The van der Waals surface area contributed by atoms with Crippen molar-refractivity contribution < 1.29 is 27.7 Å². The Labute approximate surface area is 180 Å². The predicted molar refractivity (Wildman–Crippen MR) is 116 cm³/mol. The van der Waals surface area contributed by atoms with E-state index in [-0.39, 0.29) is 43.3 Å². The second-order valence-electron chi connectivity index (χ2n) is 6.56. The quantitative estimate of drug-likeness (QED) is 0.334. The van der Waals surface area contributed by atoms with E-state index in [2.05, 4.69) is 5.32 Å². The van der Waals surface area contributed by atoms with Crippen molar-refractivity contribution in [2.75, 3.05) is 29.0 Å². The van der Waals surface area contributed by atoms with Crippen LogP contribution >= 0.6 is 0 Å². The van der Waals surface area contributed by atoms with Crippen LogP contribution in [0.4, 0.5) is 17.1 Å². The van der Waals surface area contributed by atoms with Crippen molar-refractivity contribution in [1.82, 2.24) is 0 Å². The number of ether oxygens (including phenoxy) is 1. The molecule has 31 heavy (non-hydrogen) atoms. The Morgan fingerprint density at radius 2 is 1.84 bits per heavy atom. The molecule has 0 atom stereocenters. The number of nitrogens with one attached hydrogen (secondary N) is 1. The minimum Gasteiger partial charge on any atom is -0.462 e. The summed E-state index contributed by atoms with van der Waals surface area (Å²) in [4.78, 5) is 34.2. The van der Waals surface area contributed by atoms with Gasteiger partial charge in [0.25, 0.3) is 5.69 Å². The Bertz CT molecular complexity index is 1050. The maximum Gasteiger partial charge on any atom is 0.338 e. The SMILES string of the molecule is CCOC(=O)c1ccc(NC(=O)CCCN(c2cccc([N+](=O)[O-])c2)S(C)(=O)=O)cc1. The minimum absolute atomic E-state index is 0.0186. The molecular weight excluding hydrogens is 426 g/mol. The molecule has 10 nitrogen and oxygen atoms in total. The lowest BCUT2D eigenvalue weighted by atomic mass is 10.2. The summed E-state index contributed by atoms with van der Waals surface area (Å²) in [6.45, 7) is 1.95. The van der Waals surface area contributed by atoms with E-state index in [0.717, 1.165) is 10.6 Å². The number of hydrogen-bond donors (Lipinski definition) is 1. The van der Waals surface area contributed by atoms with Gasteiger partial charge in [0.2, 0.25) is 15.9 Å². The first-order chi connectivity index (χ1) is 14.6. The normalized spacial score (nSPS) is 10.9. The highest BCUT2D eigenvalue weighted by atomic mass is 32.2. The van der Waals surface area contributed by atoms with Crippen LogP contribution in [0.2, 0.25) is 0 Å². The molecule has 0 aliphatic carbocycles. The number of anilines is 2. The van der Waals surface area contributed by atoms with Crippen LogP contribution in [0.25, 0.3) is 0 Å². The number of sulfonamides is 1. The molecule has 1 N–H and O–H groups in total. The van der Waals surface area contributed by atoms with Crippen LogP contribution in [0.5, 0.6) is 0 Å². The number of nitro groups is 1. The zero-order valence-electron chi connectivity index (χ0n) is 17.1. The summed E-state index contributed by atoms with van der Waals surface area (Å²) in [5.41, 5.74) is 0.777. The van der Waals surface area contributed by atoms with Crippen LogP contribution in [0.15, 0.2) is 48.5 Å². The third kappa shape index (κ3) is 7.07. The van der Waals surface area contributed by atoms with Gasteiger partial charge in [-0.1, -0.05) is 6.07 Å². The summed E-state index contributed by atoms with van der Waals surface area (Å²) in [5.74, 6) is -0.793. The third-order valence-corrected chi connectivity index (χ3v) is 5.37. The second kappa shape index (κ2) is 10.5. The Morgan fingerprint density at radius 1 is 1.16 bits per heavy atom. The average Bonchev–Trinajstić information content (AvgIpc) is 2.71. The van der Waals surface area contributed by atoms with Crippen LogP contribution in [0, 0.1) is 10.1 Å². The first-order valence-corrected chi connectivity index (χ1v) is 11.3. The summed E-state index contributed by atoms with van der Waals surface area (Å²) in [6.07, 6.45) is 1.22. The number of carbonyl (C=O) groups is 2. The smallest absolute Gasteiger partial charge is 0.338 e. The zero-order chi connectivity index (χ0) is 23.0. The predicted octanol–water partition coefficient (Wildman–Crippen LogP) is 2.96. The highest BCUT2D eigenvalue weighted by Gasteiger charge is 2.20. The lowest BCUT2D eigenvalue weighted by Gasteiger charge is -2.22. The van der Waals surface area contributed by atoms with Crippen LogP contribution in [0.3, 0.4) is 0 Å². The molecular formula is C20H23N3O7S. The Morgan fingerprint density at radius 3 is 2.42 bits per heavy atom. The standard InChI is InChI=1S/C20H23N3O7S/c1-3-30-20(25)15-9-11-16(12-10-15)21-19(24)8-5-13-22(31(2,28)29)17-6-4-7-18(14-17)23(26)27/h4,6-7,9-12,14H,3,5,8,13H2,1-2H3,(H,21,24). The summed E-state index contributed by atoms with van der Waals surface area (Å²) >= 11 is 0. The van der Waals surface area contributed by atoms with Gasteiger partial charge in [0.05, 0.1) is 29.0 Å². The van der Waals surface area contributed by atoms with E-state index in [1.807, 2.05) is 0 Å². The Hall–Kier alpha value is -3.47.